The van der Waals surface area contributed by atoms with Crippen LogP contribution in [0.15, 0.2) is 42.6 Å². The molecule has 0 aliphatic heterocycles. The molecule has 0 fully saturated rings. The van der Waals surface area contributed by atoms with Gasteiger partial charge in [-0.2, -0.15) is 0 Å². The lowest BCUT2D eigenvalue weighted by atomic mass is 10.5. The van der Waals surface area contributed by atoms with Crippen molar-refractivity contribution >= 4 is 6.21 Å². The van der Waals surface area contributed by atoms with E-state index in [1.807, 2.05) is 13.8 Å². The van der Waals surface area contributed by atoms with E-state index in [0.29, 0.717) is 0 Å². The van der Waals surface area contributed by atoms with Crippen LogP contribution in [0.1, 0.15) is 20.3 Å². The SMILES string of the molecule is C=C/C=C\N=CCC=C.CC. The normalized spacial score (nSPS) is 9.27. The lowest BCUT2D eigenvalue weighted by Crippen LogP contribution is -1.64. The largest absolute Gasteiger partial charge is 0.269 e. The molecule has 0 amide bonds. The van der Waals surface area contributed by atoms with Crippen molar-refractivity contribution in [3.05, 3.63) is 37.6 Å². The molecule has 62 valence electrons. The Morgan fingerprint density at radius 2 is 1.91 bits per heavy atom. The maximum atomic E-state index is 3.90. The van der Waals surface area contributed by atoms with E-state index in [4.69, 9.17) is 0 Å². The molecule has 1 heteroatoms. The maximum Gasteiger partial charge on any atom is 0.0263 e. The Kier molecular flexibility index (Phi) is 18.2. The summed E-state index contributed by atoms with van der Waals surface area (Å²) in [5, 5.41) is 0. The summed E-state index contributed by atoms with van der Waals surface area (Å²) in [5.74, 6) is 0. The summed E-state index contributed by atoms with van der Waals surface area (Å²) < 4.78 is 0. The van der Waals surface area contributed by atoms with Crippen LogP contribution in [0, 0.1) is 0 Å². The smallest absolute Gasteiger partial charge is 0.0263 e. The van der Waals surface area contributed by atoms with Crippen molar-refractivity contribution in [2.45, 2.75) is 20.3 Å². The molecule has 0 N–H and O–H groups in total. The number of nitrogens with zero attached hydrogens (tertiary/aromatic N) is 1. The van der Waals surface area contributed by atoms with Crippen molar-refractivity contribution in [2.24, 2.45) is 4.99 Å². The maximum absolute atomic E-state index is 3.90. The van der Waals surface area contributed by atoms with Gasteiger partial charge in [0.2, 0.25) is 0 Å². The van der Waals surface area contributed by atoms with Gasteiger partial charge in [0.05, 0.1) is 0 Å². The molecule has 0 rings (SSSR count). The van der Waals surface area contributed by atoms with Crippen LogP contribution in [0.2, 0.25) is 0 Å². The van der Waals surface area contributed by atoms with Crippen LogP contribution in [-0.2, 0) is 0 Å². The van der Waals surface area contributed by atoms with Crippen LogP contribution < -0.4 is 0 Å². The van der Waals surface area contributed by atoms with Crippen LogP contribution in [0.25, 0.3) is 0 Å². The van der Waals surface area contributed by atoms with E-state index in [-0.39, 0.29) is 0 Å². The highest BCUT2D eigenvalue weighted by Gasteiger charge is 1.63. The standard InChI is InChI=1S/C8H11N.C2H6/c1-3-5-7-9-8-6-4-2;1-2/h3-5,7-8H,1-2,6H2;1-2H3/b7-5-,9-8?;. The van der Waals surface area contributed by atoms with Gasteiger partial charge in [-0.15, -0.1) is 6.58 Å². The minimum Gasteiger partial charge on any atom is -0.269 e. The van der Waals surface area contributed by atoms with Crippen molar-refractivity contribution in [2.75, 3.05) is 0 Å². The second-order valence-corrected chi connectivity index (χ2v) is 1.43. The molecule has 0 saturated heterocycles. The fourth-order valence-corrected chi connectivity index (χ4v) is 0.307. The average molecular weight is 151 g/mol. The monoisotopic (exact) mass is 151 g/mol. The molecule has 0 aliphatic carbocycles. The third-order valence-corrected chi connectivity index (χ3v) is 0.686. The molecule has 0 atom stereocenters. The number of allylic oxidation sites excluding steroid dienone is 3. The number of hydrogen-bond donors (Lipinski definition) is 0. The lowest BCUT2D eigenvalue weighted by molar-refractivity contribution is 1.48. The van der Waals surface area contributed by atoms with Gasteiger partial charge in [0, 0.05) is 18.8 Å². The van der Waals surface area contributed by atoms with Crippen LogP contribution >= 0.6 is 0 Å². The second-order valence-electron chi connectivity index (χ2n) is 1.43. The Hall–Kier alpha value is -1.11. The summed E-state index contributed by atoms with van der Waals surface area (Å²) in [6.45, 7) is 11.0. The zero-order valence-corrected chi connectivity index (χ0v) is 7.46. The van der Waals surface area contributed by atoms with Gasteiger partial charge in [-0.25, -0.2) is 0 Å². The van der Waals surface area contributed by atoms with E-state index in [2.05, 4.69) is 18.2 Å². The van der Waals surface area contributed by atoms with E-state index in [0.717, 1.165) is 6.42 Å². The minimum absolute atomic E-state index is 0.821. The molecule has 1 nitrogen and oxygen atoms in total. The lowest BCUT2D eigenvalue weighted by Gasteiger charge is -1.74. The highest BCUT2D eigenvalue weighted by Crippen LogP contribution is 1.77. The Morgan fingerprint density at radius 3 is 2.36 bits per heavy atom. The first kappa shape index (κ1) is 12.6. The predicted octanol–water partition coefficient (Wildman–Crippen LogP) is 3.36. The Balaban J connectivity index is 0. The van der Waals surface area contributed by atoms with Gasteiger partial charge in [-0.1, -0.05) is 32.6 Å². The van der Waals surface area contributed by atoms with Gasteiger partial charge in [-0.05, 0) is 6.08 Å². The van der Waals surface area contributed by atoms with Crippen LogP contribution in [-0.4, -0.2) is 6.21 Å². The van der Waals surface area contributed by atoms with Gasteiger partial charge in [0.15, 0.2) is 0 Å². The van der Waals surface area contributed by atoms with E-state index < -0.39 is 0 Å². The second kappa shape index (κ2) is 16.0. The van der Waals surface area contributed by atoms with E-state index >= 15 is 0 Å². The molecule has 0 heterocycles. The van der Waals surface area contributed by atoms with E-state index in [1.165, 1.54) is 0 Å². The number of hydrogen-bond acceptors (Lipinski definition) is 1. The molecular formula is C10H17N. The summed E-state index contributed by atoms with van der Waals surface area (Å²) in [6.07, 6.45) is 9.56. The van der Waals surface area contributed by atoms with Crippen molar-refractivity contribution in [1.29, 1.82) is 0 Å². The summed E-state index contributed by atoms with van der Waals surface area (Å²) in [6, 6.07) is 0. The fraction of sp³-hybridized carbons (Fsp3) is 0.300. The molecule has 0 aromatic heterocycles. The molecule has 0 aromatic rings. The Bertz CT molecular complexity index is 132. The Labute approximate surface area is 69.9 Å². The summed E-state index contributed by atoms with van der Waals surface area (Å²) in [7, 11) is 0. The average Bonchev–Trinajstić information content (AvgIpc) is 2.08. The van der Waals surface area contributed by atoms with Gasteiger partial charge < -0.3 is 0 Å². The molecule has 0 bridgehead atoms. The highest BCUT2D eigenvalue weighted by molar-refractivity contribution is 5.59. The van der Waals surface area contributed by atoms with Crippen molar-refractivity contribution < 1.29 is 0 Å². The van der Waals surface area contributed by atoms with Gasteiger partial charge >= 0.3 is 0 Å². The predicted molar refractivity (Wildman–Crippen MR) is 54.0 cm³/mol. The van der Waals surface area contributed by atoms with Gasteiger partial charge in [0.1, 0.15) is 0 Å². The first-order valence-electron chi connectivity index (χ1n) is 3.82. The quantitative estimate of drug-likeness (QED) is 0.332. The highest BCUT2D eigenvalue weighted by atomic mass is 14.7. The van der Waals surface area contributed by atoms with Crippen LogP contribution in [0.3, 0.4) is 0 Å². The summed E-state index contributed by atoms with van der Waals surface area (Å²) in [4.78, 5) is 3.90. The summed E-state index contributed by atoms with van der Waals surface area (Å²) >= 11 is 0. The molecule has 11 heavy (non-hydrogen) atoms. The topological polar surface area (TPSA) is 12.4 Å². The van der Waals surface area contributed by atoms with E-state index in [1.54, 1.807) is 30.6 Å². The van der Waals surface area contributed by atoms with Crippen LogP contribution in [0.4, 0.5) is 0 Å². The summed E-state index contributed by atoms with van der Waals surface area (Å²) in [5.41, 5.74) is 0. The first-order chi connectivity index (χ1) is 5.41. The minimum atomic E-state index is 0.821. The fourth-order valence-electron chi connectivity index (χ4n) is 0.307. The molecule has 0 unspecified atom stereocenters. The van der Waals surface area contributed by atoms with Crippen molar-refractivity contribution in [3.8, 4) is 0 Å². The number of rotatable bonds is 4. The third kappa shape index (κ3) is 17.6. The van der Waals surface area contributed by atoms with Crippen LogP contribution in [0.5, 0.6) is 0 Å². The zero-order valence-electron chi connectivity index (χ0n) is 7.46. The molecule has 0 saturated carbocycles. The van der Waals surface area contributed by atoms with Crippen molar-refractivity contribution in [3.63, 3.8) is 0 Å². The molecular weight excluding hydrogens is 134 g/mol. The Morgan fingerprint density at radius 1 is 1.27 bits per heavy atom. The number of aliphatic imine (C=N–C) groups is 1. The first-order valence-corrected chi connectivity index (χ1v) is 3.82. The molecule has 0 aliphatic rings. The molecule has 0 radical (unpaired) electrons. The van der Waals surface area contributed by atoms with Gasteiger partial charge in [-0.3, -0.25) is 4.99 Å². The third-order valence-electron chi connectivity index (χ3n) is 0.686. The zero-order chi connectivity index (χ0) is 8.95. The van der Waals surface area contributed by atoms with Gasteiger partial charge in [0.25, 0.3) is 0 Å². The van der Waals surface area contributed by atoms with E-state index in [9.17, 15) is 0 Å². The van der Waals surface area contributed by atoms with Crippen molar-refractivity contribution in [1.82, 2.24) is 0 Å². The molecule has 0 spiro atoms. The molecule has 0 aromatic carbocycles.